The quantitative estimate of drug-likeness (QED) is 0.281. The van der Waals surface area contributed by atoms with Gasteiger partial charge in [-0.15, -0.1) is 0 Å². The summed E-state index contributed by atoms with van der Waals surface area (Å²) in [5.41, 5.74) is 0. The molecule has 3 nitrogen and oxygen atoms in total. The van der Waals surface area contributed by atoms with Gasteiger partial charge in [0, 0.05) is 6.42 Å². The number of hydrogen-bond acceptors (Lipinski definition) is 3. The second kappa shape index (κ2) is 16.3. The van der Waals surface area contributed by atoms with Gasteiger partial charge in [0.2, 0.25) is 0 Å². The van der Waals surface area contributed by atoms with E-state index in [-0.39, 0.29) is 12.1 Å². The van der Waals surface area contributed by atoms with Crippen molar-refractivity contribution < 1.29 is 14.6 Å². The van der Waals surface area contributed by atoms with Crippen molar-refractivity contribution in [2.45, 2.75) is 83.7 Å². The van der Waals surface area contributed by atoms with Gasteiger partial charge >= 0.3 is 5.97 Å². The zero-order valence-corrected chi connectivity index (χ0v) is 14.4. The Morgan fingerprint density at radius 1 is 1.05 bits per heavy atom. The Bertz CT molecular complexity index is 308. The van der Waals surface area contributed by atoms with Crippen LogP contribution < -0.4 is 0 Å². The number of unbranched alkanes of at least 4 members (excludes halogenated alkanes) is 5. The second-order valence-electron chi connectivity index (χ2n) is 5.74. The number of rotatable bonds is 14. The fourth-order valence-electron chi connectivity index (χ4n) is 2.26. The summed E-state index contributed by atoms with van der Waals surface area (Å²) in [7, 11) is 1.44. The first-order chi connectivity index (χ1) is 10.7. The van der Waals surface area contributed by atoms with Crippen LogP contribution in [0.4, 0.5) is 0 Å². The van der Waals surface area contributed by atoms with Gasteiger partial charge in [-0.2, -0.15) is 0 Å². The smallest absolute Gasteiger partial charge is 0.305 e. The van der Waals surface area contributed by atoms with E-state index in [1.165, 1.54) is 26.4 Å². The molecule has 1 atom stereocenters. The van der Waals surface area contributed by atoms with Crippen molar-refractivity contribution >= 4 is 5.97 Å². The Balaban J connectivity index is 3.30. The highest BCUT2D eigenvalue weighted by atomic mass is 16.5. The summed E-state index contributed by atoms with van der Waals surface area (Å²) in [5, 5.41) is 9.56. The van der Waals surface area contributed by atoms with Crippen LogP contribution in [0, 0.1) is 0 Å². The van der Waals surface area contributed by atoms with E-state index in [1.54, 1.807) is 0 Å². The Labute approximate surface area is 136 Å². The number of allylic oxidation sites excluding steroid dienone is 3. The Hall–Kier alpha value is -1.09. The van der Waals surface area contributed by atoms with Crippen LogP contribution in [-0.4, -0.2) is 24.3 Å². The van der Waals surface area contributed by atoms with Crippen LogP contribution in [0.5, 0.6) is 0 Å². The zero-order valence-electron chi connectivity index (χ0n) is 14.4. The third-order valence-corrected chi connectivity index (χ3v) is 3.61. The fourth-order valence-corrected chi connectivity index (χ4v) is 2.26. The van der Waals surface area contributed by atoms with Crippen LogP contribution >= 0.6 is 0 Å². The molecule has 0 amide bonds. The van der Waals surface area contributed by atoms with E-state index in [0.717, 1.165) is 44.9 Å². The van der Waals surface area contributed by atoms with Crippen LogP contribution in [0.2, 0.25) is 0 Å². The fraction of sp³-hybridized carbons (Fsp3) is 0.737. The second-order valence-corrected chi connectivity index (χ2v) is 5.74. The van der Waals surface area contributed by atoms with E-state index in [9.17, 15) is 9.90 Å². The maximum Gasteiger partial charge on any atom is 0.305 e. The van der Waals surface area contributed by atoms with Gasteiger partial charge in [0.25, 0.3) is 0 Å². The van der Waals surface area contributed by atoms with Crippen molar-refractivity contribution in [2.24, 2.45) is 0 Å². The summed E-state index contributed by atoms with van der Waals surface area (Å²) < 4.78 is 4.61. The summed E-state index contributed by atoms with van der Waals surface area (Å²) in [6.07, 6.45) is 19.5. The number of aliphatic hydroxyl groups excluding tert-OH is 1. The molecule has 0 radical (unpaired) electrons. The number of carbonyl (C=O) groups excluding carboxylic acids is 1. The van der Waals surface area contributed by atoms with Crippen LogP contribution in [0.25, 0.3) is 0 Å². The van der Waals surface area contributed by atoms with Gasteiger partial charge < -0.3 is 9.84 Å². The average molecular weight is 310 g/mol. The van der Waals surface area contributed by atoms with Crippen LogP contribution in [-0.2, 0) is 9.53 Å². The maximum absolute atomic E-state index is 10.9. The largest absolute Gasteiger partial charge is 0.469 e. The lowest BCUT2D eigenvalue weighted by atomic mass is 10.1. The Morgan fingerprint density at radius 2 is 1.73 bits per heavy atom. The Kier molecular flexibility index (Phi) is 15.5. The van der Waals surface area contributed by atoms with E-state index in [2.05, 4.69) is 36.0 Å². The summed E-state index contributed by atoms with van der Waals surface area (Å²) in [4.78, 5) is 10.9. The van der Waals surface area contributed by atoms with Gasteiger partial charge in [0.1, 0.15) is 0 Å². The van der Waals surface area contributed by atoms with Crippen LogP contribution in [0.3, 0.4) is 0 Å². The highest BCUT2D eigenvalue weighted by Crippen LogP contribution is 2.08. The van der Waals surface area contributed by atoms with Crippen LogP contribution in [0.1, 0.15) is 77.6 Å². The minimum Gasteiger partial charge on any atom is -0.469 e. The molecule has 0 aliphatic carbocycles. The summed E-state index contributed by atoms with van der Waals surface area (Å²) in [6, 6.07) is 0. The number of carbonyl (C=O) groups is 1. The first-order valence-electron chi connectivity index (χ1n) is 8.75. The zero-order chi connectivity index (χ0) is 16.5. The topological polar surface area (TPSA) is 46.5 Å². The molecule has 0 aliphatic heterocycles. The van der Waals surface area contributed by atoms with Gasteiger partial charge in [-0.25, -0.2) is 0 Å². The lowest BCUT2D eigenvalue weighted by molar-refractivity contribution is -0.140. The molecule has 0 rings (SSSR count). The molecule has 128 valence electrons. The molecular weight excluding hydrogens is 276 g/mol. The van der Waals surface area contributed by atoms with E-state index < -0.39 is 0 Å². The lowest BCUT2D eigenvalue weighted by Crippen LogP contribution is -2.02. The van der Waals surface area contributed by atoms with Gasteiger partial charge in [0.05, 0.1) is 13.2 Å². The highest BCUT2D eigenvalue weighted by molar-refractivity contribution is 5.68. The van der Waals surface area contributed by atoms with Crippen molar-refractivity contribution in [3.05, 3.63) is 24.3 Å². The molecule has 1 N–H and O–H groups in total. The first-order valence-corrected chi connectivity index (χ1v) is 8.75. The van der Waals surface area contributed by atoms with Crippen molar-refractivity contribution in [1.82, 2.24) is 0 Å². The molecule has 0 bridgehead atoms. The standard InChI is InChI=1S/C19H34O3/c1-3-15-18(20)16-13-11-9-7-5-4-6-8-10-12-14-17-19(21)22-2/h5,7,11,13,18,20H,3-4,6,8-10,12,14-17H2,1-2H3/b7-5-,13-11-. The molecule has 3 heteroatoms. The van der Waals surface area contributed by atoms with E-state index >= 15 is 0 Å². The molecule has 0 saturated carbocycles. The van der Waals surface area contributed by atoms with Gasteiger partial charge in [-0.05, 0) is 38.5 Å². The number of aliphatic hydroxyl groups is 1. The summed E-state index contributed by atoms with van der Waals surface area (Å²) >= 11 is 0. The van der Waals surface area contributed by atoms with Crippen molar-refractivity contribution in [1.29, 1.82) is 0 Å². The number of methoxy groups -OCH3 is 1. The molecule has 0 saturated heterocycles. The normalized spacial score (nSPS) is 13.0. The average Bonchev–Trinajstić information content (AvgIpc) is 2.51. The first kappa shape index (κ1) is 20.9. The molecule has 0 aromatic heterocycles. The minimum absolute atomic E-state index is 0.0989. The van der Waals surface area contributed by atoms with Crippen molar-refractivity contribution in [3.63, 3.8) is 0 Å². The summed E-state index contributed by atoms with van der Waals surface area (Å²) in [5.74, 6) is -0.0989. The number of ether oxygens (including phenoxy) is 1. The van der Waals surface area contributed by atoms with Gasteiger partial charge in [0.15, 0.2) is 0 Å². The lowest BCUT2D eigenvalue weighted by Gasteiger charge is -2.03. The highest BCUT2D eigenvalue weighted by Gasteiger charge is 1.99. The minimum atomic E-state index is -0.176. The third-order valence-electron chi connectivity index (χ3n) is 3.61. The molecule has 0 heterocycles. The Morgan fingerprint density at radius 3 is 2.45 bits per heavy atom. The van der Waals surface area contributed by atoms with Crippen molar-refractivity contribution in [3.8, 4) is 0 Å². The predicted octanol–water partition coefficient (Wildman–Crippen LogP) is 4.94. The molecule has 22 heavy (non-hydrogen) atoms. The number of esters is 1. The van der Waals surface area contributed by atoms with Crippen molar-refractivity contribution in [2.75, 3.05) is 7.11 Å². The summed E-state index contributed by atoms with van der Waals surface area (Å²) in [6.45, 7) is 2.09. The van der Waals surface area contributed by atoms with E-state index in [4.69, 9.17) is 0 Å². The predicted molar refractivity (Wildman–Crippen MR) is 92.8 cm³/mol. The monoisotopic (exact) mass is 310 g/mol. The number of hydrogen-bond donors (Lipinski definition) is 1. The molecule has 0 aromatic rings. The molecule has 0 aromatic carbocycles. The molecule has 0 spiro atoms. The van der Waals surface area contributed by atoms with Crippen LogP contribution in [0.15, 0.2) is 24.3 Å². The molecular formula is C19H34O3. The van der Waals surface area contributed by atoms with Gasteiger partial charge in [-0.1, -0.05) is 56.9 Å². The van der Waals surface area contributed by atoms with E-state index in [0.29, 0.717) is 6.42 Å². The maximum atomic E-state index is 10.9. The SMILES string of the molecule is CCCC(O)C/C=C\C/C=C\CCCCCCCC(=O)OC. The molecule has 0 fully saturated rings. The van der Waals surface area contributed by atoms with Gasteiger partial charge in [-0.3, -0.25) is 4.79 Å². The molecule has 1 unspecified atom stereocenters. The molecule has 0 aliphatic rings. The van der Waals surface area contributed by atoms with E-state index in [1.807, 2.05) is 0 Å². The third kappa shape index (κ3) is 15.3.